The number of para-hydroxylation sites is 1. The number of primary amides is 1. The lowest BCUT2D eigenvalue weighted by atomic mass is 10.2. The Balaban J connectivity index is 2.87. The molecule has 0 unspecified atom stereocenters. The Kier molecular flexibility index (Phi) is 2.25. The molecule has 2 rings (SSSR count). The van der Waals surface area contributed by atoms with Gasteiger partial charge in [-0.25, -0.2) is 0 Å². The summed E-state index contributed by atoms with van der Waals surface area (Å²) in [7, 11) is 1.56. The van der Waals surface area contributed by atoms with Gasteiger partial charge in [-0.15, -0.1) is 0 Å². The number of amides is 1. The lowest BCUT2D eigenvalue weighted by Gasteiger charge is -2.00. The van der Waals surface area contributed by atoms with Crippen LogP contribution in [0.15, 0.2) is 39.7 Å². The smallest absolute Gasteiger partial charge is 0.254 e. The van der Waals surface area contributed by atoms with Crippen LogP contribution in [0.2, 0.25) is 0 Å². The second kappa shape index (κ2) is 3.57. The standard InChI is InChI=1S/C11H10N2O2/c1-13-11-8(10(12)14)6-7-4-2-3-5-9(7)15-11/h2-6H,1H3,(H2,12,14). The van der Waals surface area contributed by atoms with Crippen LogP contribution >= 0.6 is 0 Å². The Bertz CT molecular complexity index is 584. The van der Waals surface area contributed by atoms with Crippen LogP contribution in [-0.2, 0) is 0 Å². The van der Waals surface area contributed by atoms with E-state index in [2.05, 4.69) is 4.99 Å². The van der Waals surface area contributed by atoms with Crippen molar-refractivity contribution < 1.29 is 9.21 Å². The maximum Gasteiger partial charge on any atom is 0.254 e. The van der Waals surface area contributed by atoms with Gasteiger partial charge in [-0.3, -0.25) is 9.79 Å². The van der Waals surface area contributed by atoms with Crippen LogP contribution in [0.1, 0.15) is 10.4 Å². The minimum Gasteiger partial charge on any atom is -0.438 e. The summed E-state index contributed by atoms with van der Waals surface area (Å²) < 4.78 is 5.44. The first-order valence-electron chi connectivity index (χ1n) is 4.48. The van der Waals surface area contributed by atoms with Crippen molar-refractivity contribution in [3.8, 4) is 0 Å². The van der Waals surface area contributed by atoms with E-state index < -0.39 is 5.91 Å². The molecule has 1 aromatic carbocycles. The molecule has 15 heavy (non-hydrogen) atoms. The lowest BCUT2D eigenvalue weighted by Crippen LogP contribution is -2.21. The molecular formula is C11H10N2O2. The van der Waals surface area contributed by atoms with Gasteiger partial charge in [0, 0.05) is 12.4 Å². The van der Waals surface area contributed by atoms with Crippen molar-refractivity contribution in [3.05, 3.63) is 41.4 Å². The van der Waals surface area contributed by atoms with E-state index in [1.165, 1.54) is 0 Å². The SMILES string of the molecule is CN=c1oc2ccccc2cc1C(N)=O. The Morgan fingerprint density at radius 1 is 1.40 bits per heavy atom. The number of fused-ring (bicyclic) bond motifs is 1. The van der Waals surface area contributed by atoms with Gasteiger partial charge < -0.3 is 10.2 Å². The molecule has 0 atom stereocenters. The van der Waals surface area contributed by atoms with Crippen molar-refractivity contribution in [1.82, 2.24) is 0 Å². The van der Waals surface area contributed by atoms with E-state index in [-0.39, 0.29) is 5.55 Å². The van der Waals surface area contributed by atoms with E-state index in [0.717, 1.165) is 5.39 Å². The average molecular weight is 202 g/mol. The highest BCUT2D eigenvalue weighted by Gasteiger charge is 2.07. The molecule has 1 heterocycles. The van der Waals surface area contributed by atoms with E-state index in [1.807, 2.05) is 24.3 Å². The Morgan fingerprint density at radius 2 is 2.13 bits per heavy atom. The van der Waals surface area contributed by atoms with Gasteiger partial charge in [0.05, 0.1) is 0 Å². The average Bonchev–Trinajstić information content (AvgIpc) is 2.27. The van der Waals surface area contributed by atoms with Crippen LogP contribution in [0, 0.1) is 0 Å². The molecule has 0 aliphatic rings. The van der Waals surface area contributed by atoms with Gasteiger partial charge in [0.25, 0.3) is 5.91 Å². The summed E-state index contributed by atoms with van der Waals surface area (Å²) in [5.74, 6) is -0.537. The van der Waals surface area contributed by atoms with E-state index in [4.69, 9.17) is 10.2 Å². The van der Waals surface area contributed by atoms with Crippen molar-refractivity contribution in [2.75, 3.05) is 7.05 Å². The van der Waals surface area contributed by atoms with Gasteiger partial charge in [0.15, 0.2) is 0 Å². The van der Waals surface area contributed by atoms with Gasteiger partial charge in [0.2, 0.25) is 5.55 Å². The topological polar surface area (TPSA) is 68.6 Å². The second-order valence-electron chi connectivity index (χ2n) is 3.09. The molecule has 0 bridgehead atoms. The zero-order valence-corrected chi connectivity index (χ0v) is 8.23. The summed E-state index contributed by atoms with van der Waals surface area (Å²) in [5, 5.41) is 0.832. The first kappa shape index (κ1) is 9.45. The molecule has 0 aliphatic heterocycles. The molecule has 0 saturated carbocycles. The van der Waals surface area contributed by atoms with Crippen molar-refractivity contribution in [2.24, 2.45) is 10.7 Å². The Morgan fingerprint density at radius 3 is 2.80 bits per heavy atom. The fraction of sp³-hybridized carbons (Fsp3) is 0.0909. The molecule has 0 spiro atoms. The molecule has 0 saturated heterocycles. The predicted molar refractivity (Wildman–Crippen MR) is 56.2 cm³/mol. The summed E-state index contributed by atoms with van der Waals surface area (Å²) in [6.07, 6.45) is 0. The predicted octanol–water partition coefficient (Wildman–Crippen LogP) is 1.06. The van der Waals surface area contributed by atoms with E-state index in [1.54, 1.807) is 13.1 Å². The summed E-state index contributed by atoms with van der Waals surface area (Å²) in [6, 6.07) is 9.07. The van der Waals surface area contributed by atoms with Crippen molar-refractivity contribution in [1.29, 1.82) is 0 Å². The maximum atomic E-state index is 11.1. The number of carbonyl (C=O) groups is 1. The van der Waals surface area contributed by atoms with Crippen LogP contribution in [0.5, 0.6) is 0 Å². The molecule has 0 fully saturated rings. The molecule has 4 heteroatoms. The summed E-state index contributed by atoms with van der Waals surface area (Å²) in [6.45, 7) is 0. The van der Waals surface area contributed by atoms with Gasteiger partial charge in [-0.2, -0.15) is 0 Å². The third-order valence-corrected chi connectivity index (χ3v) is 2.12. The summed E-state index contributed by atoms with van der Waals surface area (Å²) in [5.41, 5.74) is 6.47. The number of rotatable bonds is 1. The summed E-state index contributed by atoms with van der Waals surface area (Å²) in [4.78, 5) is 15.0. The molecule has 2 aromatic rings. The highest BCUT2D eigenvalue weighted by molar-refractivity contribution is 5.95. The van der Waals surface area contributed by atoms with E-state index in [9.17, 15) is 4.79 Å². The van der Waals surface area contributed by atoms with Gasteiger partial charge in [-0.05, 0) is 12.1 Å². The van der Waals surface area contributed by atoms with E-state index in [0.29, 0.717) is 11.1 Å². The molecule has 2 N–H and O–H groups in total. The Hall–Kier alpha value is -2.10. The zero-order valence-electron chi connectivity index (χ0n) is 8.23. The largest absolute Gasteiger partial charge is 0.438 e. The third kappa shape index (κ3) is 1.61. The van der Waals surface area contributed by atoms with Crippen LogP contribution in [0.25, 0.3) is 11.0 Å². The minimum absolute atomic E-state index is 0.265. The highest BCUT2D eigenvalue weighted by Crippen LogP contribution is 2.12. The zero-order chi connectivity index (χ0) is 10.8. The quantitative estimate of drug-likeness (QED) is 0.751. The molecule has 0 aliphatic carbocycles. The molecule has 1 amide bonds. The van der Waals surface area contributed by atoms with Crippen molar-refractivity contribution >= 4 is 16.9 Å². The van der Waals surface area contributed by atoms with Gasteiger partial charge in [0.1, 0.15) is 11.1 Å². The number of carbonyl (C=O) groups excluding carboxylic acids is 1. The Labute approximate surface area is 86.0 Å². The minimum atomic E-state index is -0.537. The van der Waals surface area contributed by atoms with Gasteiger partial charge in [-0.1, -0.05) is 18.2 Å². The number of nitrogens with two attached hydrogens (primary N) is 1. The highest BCUT2D eigenvalue weighted by atomic mass is 16.3. The number of hydrogen-bond donors (Lipinski definition) is 1. The first-order valence-corrected chi connectivity index (χ1v) is 4.48. The maximum absolute atomic E-state index is 11.1. The second-order valence-corrected chi connectivity index (χ2v) is 3.09. The fourth-order valence-electron chi connectivity index (χ4n) is 1.41. The molecule has 1 aromatic heterocycles. The van der Waals surface area contributed by atoms with Crippen molar-refractivity contribution in [3.63, 3.8) is 0 Å². The molecular weight excluding hydrogens is 192 g/mol. The fourth-order valence-corrected chi connectivity index (χ4v) is 1.41. The first-order chi connectivity index (χ1) is 7.22. The molecule has 4 nitrogen and oxygen atoms in total. The number of benzene rings is 1. The van der Waals surface area contributed by atoms with Crippen LogP contribution in [0.3, 0.4) is 0 Å². The lowest BCUT2D eigenvalue weighted by molar-refractivity contribution is 0.0996. The number of nitrogens with zero attached hydrogens (tertiary/aromatic N) is 1. The van der Waals surface area contributed by atoms with Crippen LogP contribution in [0.4, 0.5) is 0 Å². The number of hydrogen-bond acceptors (Lipinski definition) is 3. The third-order valence-electron chi connectivity index (χ3n) is 2.12. The van der Waals surface area contributed by atoms with Crippen LogP contribution < -0.4 is 11.3 Å². The monoisotopic (exact) mass is 202 g/mol. The summed E-state index contributed by atoms with van der Waals surface area (Å²) >= 11 is 0. The van der Waals surface area contributed by atoms with E-state index >= 15 is 0 Å². The molecule has 76 valence electrons. The molecule has 0 radical (unpaired) electrons. The normalized spacial score (nSPS) is 11.9. The van der Waals surface area contributed by atoms with Crippen molar-refractivity contribution in [2.45, 2.75) is 0 Å². The van der Waals surface area contributed by atoms with Crippen LogP contribution in [-0.4, -0.2) is 13.0 Å². The van der Waals surface area contributed by atoms with Gasteiger partial charge >= 0.3 is 0 Å².